The largest absolute Gasteiger partial charge is 0.349 e. The molecule has 0 bridgehead atoms. The van der Waals surface area contributed by atoms with Crippen molar-refractivity contribution < 1.29 is 14.4 Å². The number of benzene rings is 1. The monoisotopic (exact) mass is 373 g/mol. The third-order valence-corrected chi connectivity index (χ3v) is 6.42. The number of nitrogens with one attached hydrogen (secondary N) is 1. The summed E-state index contributed by atoms with van der Waals surface area (Å²) in [5, 5.41) is 3.08. The SMILES string of the molecule is O=C(NC1CCCC1)c1ccc(CN2CC(=O)N3CSC[C@H]3C2=O)cc1. The zero-order valence-corrected chi connectivity index (χ0v) is 15.5. The van der Waals surface area contributed by atoms with Gasteiger partial charge in [-0.3, -0.25) is 14.4 Å². The molecule has 2 heterocycles. The summed E-state index contributed by atoms with van der Waals surface area (Å²) >= 11 is 1.63. The lowest BCUT2D eigenvalue weighted by Crippen LogP contribution is -2.57. The van der Waals surface area contributed by atoms with Crippen LogP contribution in [0.25, 0.3) is 0 Å². The maximum absolute atomic E-state index is 12.6. The molecule has 1 atom stereocenters. The van der Waals surface area contributed by atoms with Gasteiger partial charge in [0.2, 0.25) is 11.8 Å². The van der Waals surface area contributed by atoms with Gasteiger partial charge < -0.3 is 15.1 Å². The Labute approximate surface area is 157 Å². The first kappa shape index (κ1) is 17.4. The van der Waals surface area contributed by atoms with E-state index in [2.05, 4.69) is 5.32 Å². The maximum Gasteiger partial charge on any atom is 0.251 e. The minimum absolute atomic E-state index is 0.0205. The molecule has 0 spiro atoms. The highest BCUT2D eigenvalue weighted by molar-refractivity contribution is 7.99. The maximum atomic E-state index is 12.6. The minimum atomic E-state index is -0.308. The van der Waals surface area contributed by atoms with Crippen molar-refractivity contribution in [2.75, 3.05) is 18.2 Å². The smallest absolute Gasteiger partial charge is 0.251 e. The number of rotatable bonds is 4. The number of fused-ring (bicyclic) bond motifs is 1. The lowest BCUT2D eigenvalue weighted by Gasteiger charge is -2.35. The molecule has 1 aliphatic carbocycles. The highest BCUT2D eigenvalue weighted by Crippen LogP contribution is 2.26. The van der Waals surface area contributed by atoms with Crippen LogP contribution in [-0.2, 0) is 16.1 Å². The molecule has 1 saturated carbocycles. The first-order valence-electron chi connectivity index (χ1n) is 9.17. The van der Waals surface area contributed by atoms with Crippen LogP contribution in [0.2, 0.25) is 0 Å². The Morgan fingerprint density at radius 1 is 1.15 bits per heavy atom. The van der Waals surface area contributed by atoms with E-state index in [-0.39, 0.29) is 30.3 Å². The van der Waals surface area contributed by atoms with Gasteiger partial charge in [0, 0.05) is 23.9 Å². The predicted molar refractivity (Wildman–Crippen MR) is 99.5 cm³/mol. The molecule has 1 aromatic carbocycles. The molecule has 1 N–H and O–H groups in total. The second-order valence-electron chi connectivity index (χ2n) is 7.23. The van der Waals surface area contributed by atoms with Crippen LogP contribution in [0.5, 0.6) is 0 Å². The Bertz CT molecular complexity index is 715. The van der Waals surface area contributed by atoms with Crippen molar-refractivity contribution in [2.24, 2.45) is 0 Å². The summed E-state index contributed by atoms with van der Waals surface area (Å²) in [6, 6.07) is 7.33. The standard InChI is InChI=1S/C19H23N3O3S/c23-17-10-21(19(25)16-11-26-12-22(16)17)9-13-5-7-14(8-6-13)18(24)20-15-3-1-2-4-15/h5-8,15-16H,1-4,9-12H2,(H,20,24)/t16-/m0/s1. The molecule has 6 nitrogen and oxygen atoms in total. The predicted octanol–water partition coefficient (Wildman–Crippen LogP) is 1.60. The molecule has 138 valence electrons. The molecule has 2 aliphatic heterocycles. The molecule has 3 fully saturated rings. The molecular weight excluding hydrogens is 350 g/mol. The number of carbonyl (C=O) groups excluding carboxylic acids is 3. The van der Waals surface area contributed by atoms with Crippen LogP contribution >= 0.6 is 11.8 Å². The van der Waals surface area contributed by atoms with E-state index in [1.165, 1.54) is 12.8 Å². The van der Waals surface area contributed by atoms with Crippen LogP contribution in [-0.4, -0.2) is 57.8 Å². The Balaban J connectivity index is 1.38. The molecule has 7 heteroatoms. The molecule has 26 heavy (non-hydrogen) atoms. The second-order valence-corrected chi connectivity index (χ2v) is 8.23. The van der Waals surface area contributed by atoms with E-state index < -0.39 is 0 Å². The van der Waals surface area contributed by atoms with Gasteiger partial charge in [-0.05, 0) is 30.5 Å². The van der Waals surface area contributed by atoms with Crippen molar-refractivity contribution in [3.05, 3.63) is 35.4 Å². The van der Waals surface area contributed by atoms with Crippen molar-refractivity contribution in [2.45, 2.75) is 44.3 Å². The fraction of sp³-hybridized carbons (Fsp3) is 0.526. The van der Waals surface area contributed by atoms with E-state index in [4.69, 9.17) is 0 Å². The van der Waals surface area contributed by atoms with Gasteiger partial charge in [0.1, 0.15) is 12.6 Å². The third kappa shape index (κ3) is 3.45. The lowest BCUT2D eigenvalue weighted by molar-refractivity contribution is -0.153. The Kier molecular flexibility index (Phi) is 4.89. The number of thioether (sulfide) groups is 1. The van der Waals surface area contributed by atoms with E-state index >= 15 is 0 Å². The van der Waals surface area contributed by atoms with Crippen LogP contribution in [0.1, 0.15) is 41.6 Å². The van der Waals surface area contributed by atoms with Crippen molar-refractivity contribution in [1.29, 1.82) is 0 Å². The van der Waals surface area contributed by atoms with Crippen LogP contribution in [0.4, 0.5) is 0 Å². The summed E-state index contributed by atoms with van der Waals surface area (Å²) in [6.07, 6.45) is 4.49. The van der Waals surface area contributed by atoms with Gasteiger partial charge in [-0.15, -0.1) is 11.8 Å². The van der Waals surface area contributed by atoms with Gasteiger partial charge in [0.25, 0.3) is 5.91 Å². The van der Waals surface area contributed by atoms with E-state index in [1.807, 2.05) is 12.1 Å². The quantitative estimate of drug-likeness (QED) is 0.870. The third-order valence-electron chi connectivity index (χ3n) is 5.41. The fourth-order valence-electron chi connectivity index (χ4n) is 3.89. The molecule has 0 unspecified atom stereocenters. The van der Waals surface area contributed by atoms with Crippen molar-refractivity contribution >= 4 is 29.5 Å². The van der Waals surface area contributed by atoms with Crippen molar-refractivity contribution in [3.8, 4) is 0 Å². The summed E-state index contributed by atoms with van der Waals surface area (Å²) < 4.78 is 0. The van der Waals surface area contributed by atoms with E-state index in [0.29, 0.717) is 29.8 Å². The first-order chi connectivity index (χ1) is 12.6. The van der Waals surface area contributed by atoms with Crippen molar-refractivity contribution in [1.82, 2.24) is 15.1 Å². The minimum Gasteiger partial charge on any atom is -0.349 e. The molecule has 1 aromatic rings. The number of nitrogens with zero attached hydrogens (tertiary/aromatic N) is 2. The average Bonchev–Trinajstić information content (AvgIpc) is 3.32. The van der Waals surface area contributed by atoms with Gasteiger partial charge in [-0.25, -0.2) is 0 Å². The Hall–Kier alpha value is -2.02. The molecule has 4 rings (SSSR count). The van der Waals surface area contributed by atoms with Gasteiger partial charge in [0.05, 0.1) is 5.88 Å². The summed E-state index contributed by atoms with van der Waals surface area (Å²) in [5.74, 6) is 1.31. The molecular formula is C19H23N3O3S. The highest BCUT2D eigenvalue weighted by Gasteiger charge is 2.42. The Morgan fingerprint density at radius 3 is 2.62 bits per heavy atom. The van der Waals surface area contributed by atoms with Gasteiger partial charge in [-0.2, -0.15) is 0 Å². The average molecular weight is 373 g/mol. The van der Waals surface area contributed by atoms with Crippen LogP contribution in [0.3, 0.4) is 0 Å². The van der Waals surface area contributed by atoms with E-state index in [1.54, 1.807) is 33.7 Å². The molecule has 0 aromatic heterocycles. The molecule has 2 saturated heterocycles. The van der Waals surface area contributed by atoms with E-state index in [9.17, 15) is 14.4 Å². The van der Waals surface area contributed by atoms with Crippen LogP contribution < -0.4 is 5.32 Å². The van der Waals surface area contributed by atoms with Gasteiger partial charge in [0.15, 0.2) is 0 Å². The fourth-order valence-corrected chi connectivity index (χ4v) is 5.06. The summed E-state index contributed by atoms with van der Waals surface area (Å²) in [6.45, 7) is 0.546. The Morgan fingerprint density at radius 2 is 1.88 bits per heavy atom. The van der Waals surface area contributed by atoms with Crippen LogP contribution in [0.15, 0.2) is 24.3 Å². The summed E-state index contributed by atoms with van der Waals surface area (Å²) in [7, 11) is 0. The number of amides is 3. The molecule has 3 aliphatic rings. The molecule has 3 amide bonds. The zero-order valence-electron chi connectivity index (χ0n) is 14.6. The first-order valence-corrected chi connectivity index (χ1v) is 10.3. The summed E-state index contributed by atoms with van der Waals surface area (Å²) in [5.41, 5.74) is 1.57. The second kappa shape index (κ2) is 7.31. The van der Waals surface area contributed by atoms with Gasteiger partial charge >= 0.3 is 0 Å². The molecule has 0 radical (unpaired) electrons. The number of hydrogen-bond acceptors (Lipinski definition) is 4. The normalized spacial score (nSPS) is 23.5. The number of hydrogen-bond donors (Lipinski definition) is 1. The van der Waals surface area contributed by atoms with E-state index in [0.717, 1.165) is 18.4 Å². The highest BCUT2D eigenvalue weighted by atomic mass is 32.2. The topological polar surface area (TPSA) is 69.7 Å². The zero-order chi connectivity index (χ0) is 18.1. The number of carbonyl (C=O) groups is 3. The number of piperazine rings is 1. The lowest BCUT2D eigenvalue weighted by atomic mass is 10.1. The summed E-state index contributed by atoms with van der Waals surface area (Å²) in [4.78, 5) is 40.4. The van der Waals surface area contributed by atoms with Crippen LogP contribution in [0, 0.1) is 0 Å². The van der Waals surface area contributed by atoms with Crippen molar-refractivity contribution in [3.63, 3.8) is 0 Å². The van der Waals surface area contributed by atoms with Gasteiger partial charge in [-0.1, -0.05) is 25.0 Å².